The molecule has 2 N–H and O–H groups in total. The van der Waals surface area contributed by atoms with Crippen molar-refractivity contribution in [3.05, 3.63) is 17.9 Å². The normalized spacial score (nSPS) is 22.3. The molecule has 0 aromatic heterocycles. The van der Waals surface area contributed by atoms with E-state index in [-0.39, 0.29) is 5.82 Å². The molecule has 1 saturated heterocycles. The average molecular weight is 280 g/mol. The fourth-order valence-corrected chi connectivity index (χ4v) is 3.01. The summed E-state index contributed by atoms with van der Waals surface area (Å²) in [6.45, 7) is 6.91. The smallest absolute Gasteiger partial charge is 0.167 e. The van der Waals surface area contributed by atoms with E-state index in [1.807, 2.05) is 6.92 Å². The summed E-state index contributed by atoms with van der Waals surface area (Å²) in [5, 5.41) is 0. The van der Waals surface area contributed by atoms with Crippen LogP contribution in [0.3, 0.4) is 0 Å². The summed E-state index contributed by atoms with van der Waals surface area (Å²) in [5.74, 6) is -0.0652. The summed E-state index contributed by atoms with van der Waals surface area (Å²) in [5.41, 5.74) is 7.45. The SMILES string of the molecule is CCCOc1cc(N2C(C)CCC2CC)c(N)cc1F. The second-order valence-electron chi connectivity index (χ2n) is 5.59. The first kappa shape index (κ1) is 14.9. The van der Waals surface area contributed by atoms with Gasteiger partial charge < -0.3 is 15.4 Å². The molecule has 0 saturated carbocycles. The Hall–Kier alpha value is -1.45. The first-order valence-electron chi connectivity index (χ1n) is 7.58. The molecule has 1 aromatic rings. The van der Waals surface area contributed by atoms with Crippen LogP contribution in [0.1, 0.15) is 46.5 Å². The van der Waals surface area contributed by atoms with E-state index in [0.29, 0.717) is 30.1 Å². The highest BCUT2D eigenvalue weighted by atomic mass is 19.1. The molecule has 112 valence electrons. The van der Waals surface area contributed by atoms with Crippen molar-refractivity contribution in [2.24, 2.45) is 0 Å². The molecule has 2 unspecified atom stereocenters. The van der Waals surface area contributed by atoms with E-state index < -0.39 is 0 Å². The average Bonchev–Trinajstić information content (AvgIpc) is 2.79. The Kier molecular flexibility index (Phi) is 4.73. The molecule has 0 amide bonds. The van der Waals surface area contributed by atoms with Crippen molar-refractivity contribution in [3.8, 4) is 5.75 Å². The predicted molar refractivity (Wildman–Crippen MR) is 81.9 cm³/mol. The van der Waals surface area contributed by atoms with Crippen molar-refractivity contribution in [1.82, 2.24) is 0 Å². The van der Waals surface area contributed by atoms with Gasteiger partial charge in [0.25, 0.3) is 0 Å². The van der Waals surface area contributed by atoms with Gasteiger partial charge in [0.05, 0.1) is 18.0 Å². The fourth-order valence-electron chi connectivity index (χ4n) is 3.01. The van der Waals surface area contributed by atoms with Crippen LogP contribution in [0.25, 0.3) is 0 Å². The molecule has 1 aliphatic heterocycles. The topological polar surface area (TPSA) is 38.5 Å². The molecule has 1 aromatic carbocycles. The molecule has 1 fully saturated rings. The molecule has 0 radical (unpaired) electrons. The third-order valence-electron chi connectivity index (χ3n) is 4.08. The number of nitrogens with two attached hydrogens (primary N) is 1. The zero-order chi connectivity index (χ0) is 14.7. The Morgan fingerprint density at radius 1 is 1.35 bits per heavy atom. The number of benzene rings is 1. The molecule has 3 nitrogen and oxygen atoms in total. The Bertz CT molecular complexity index is 464. The largest absolute Gasteiger partial charge is 0.490 e. The molecular formula is C16H25FN2O. The van der Waals surface area contributed by atoms with Crippen LogP contribution in [-0.2, 0) is 0 Å². The molecular weight excluding hydrogens is 255 g/mol. The van der Waals surface area contributed by atoms with E-state index in [0.717, 1.165) is 24.9 Å². The summed E-state index contributed by atoms with van der Waals surface area (Å²) in [7, 11) is 0. The van der Waals surface area contributed by atoms with Gasteiger partial charge in [-0.3, -0.25) is 0 Å². The minimum absolute atomic E-state index is 0.310. The Labute approximate surface area is 120 Å². The second-order valence-corrected chi connectivity index (χ2v) is 5.59. The van der Waals surface area contributed by atoms with Gasteiger partial charge in [-0.2, -0.15) is 0 Å². The van der Waals surface area contributed by atoms with Crippen molar-refractivity contribution in [2.75, 3.05) is 17.2 Å². The standard InChI is InChI=1S/C16H25FN2O/c1-4-8-20-16-10-15(14(18)9-13(16)17)19-11(3)6-7-12(19)5-2/h9-12H,4-8,18H2,1-3H3. The molecule has 0 aliphatic carbocycles. The lowest BCUT2D eigenvalue weighted by Crippen LogP contribution is -2.34. The lowest BCUT2D eigenvalue weighted by atomic mass is 10.1. The molecule has 2 atom stereocenters. The van der Waals surface area contributed by atoms with E-state index in [4.69, 9.17) is 10.5 Å². The Balaban J connectivity index is 2.34. The van der Waals surface area contributed by atoms with E-state index in [1.165, 1.54) is 12.5 Å². The number of anilines is 2. The van der Waals surface area contributed by atoms with E-state index in [2.05, 4.69) is 18.7 Å². The molecule has 4 heteroatoms. The highest BCUT2D eigenvalue weighted by molar-refractivity contribution is 5.71. The van der Waals surface area contributed by atoms with Crippen LogP contribution >= 0.6 is 0 Å². The van der Waals surface area contributed by atoms with E-state index in [1.54, 1.807) is 6.07 Å². The van der Waals surface area contributed by atoms with Crippen molar-refractivity contribution in [3.63, 3.8) is 0 Å². The molecule has 1 aliphatic rings. The number of rotatable bonds is 5. The predicted octanol–water partition coefficient (Wildman–Crippen LogP) is 3.96. The number of hydrogen-bond donors (Lipinski definition) is 1. The van der Waals surface area contributed by atoms with E-state index in [9.17, 15) is 4.39 Å². The summed E-state index contributed by atoms with van der Waals surface area (Å²) in [4.78, 5) is 2.33. The summed E-state index contributed by atoms with van der Waals surface area (Å²) in [6.07, 6.45) is 4.25. The second kappa shape index (κ2) is 6.33. The molecule has 0 spiro atoms. The summed E-state index contributed by atoms with van der Waals surface area (Å²) >= 11 is 0. The zero-order valence-corrected chi connectivity index (χ0v) is 12.7. The number of halogens is 1. The van der Waals surface area contributed by atoms with Crippen LogP contribution in [0.4, 0.5) is 15.8 Å². The molecule has 1 heterocycles. The highest BCUT2D eigenvalue weighted by Crippen LogP contribution is 2.38. The fraction of sp³-hybridized carbons (Fsp3) is 0.625. The molecule has 2 rings (SSSR count). The quantitative estimate of drug-likeness (QED) is 0.830. The summed E-state index contributed by atoms with van der Waals surface area (Å²) < 4.78 is 19.4. The van der Waals surface area contributed by atoms with Gasteiger partial charge in [-0.15, -0.1) is 0 Å². The number of nitrogens with zero attached hydrogens (tertiary/aromatic N) is 1. The van der Waals surface area contributed by atoms with Crippen LogP contribution in [0.5, 0.6) is 5.75 Å². The lowest BCUT2D eigenvalue weighted by Gasteiger charge is -2.31. The number of ether oxygens (including phenoxy) is 1. The van der Waals surface area contributed by atoms with Crippen molar-refractivity contribution < 1.29 is 9.13 Å². The van der Waals surface area contributed by atoms with Gasteiger partial charge in [-0.1, -0.05) is 13.8 Å². The van der Waals surface area contributed by atoms with Crippen molar-refractivity contribution in [2.45, 2.75) is 58.5 Å². The van der Waals surface area contributed by atoms with Crippen LogP contribution in [0, 0.1) is 5.82 Å². The minimum atomic E-state index is -0.375. The van der Waals surface area contributed by atoms with Gasteiger partial charge in [0, 0.05) is 24.2 Å². The maximum Gasteiger partial charge on any atom is 0.167 e. The van der Waals surface area contributed by atoms with Crippen molar-refractivity contribution in [1.29, 1.82) is 0 Å². The van der Waals surface area contributed by atoms with E-state index >= 15 is 0 Å². The third kappa shape index (κ3) is 2.84. The van der Waals surface area contributed by atoms with Gasteiger partial charge in [-0.05, 0) is 32.6 Å². The van der Waals surface area contributed by atoms with Gasteiger partial charge in [-0.25, -0.2) is 4.39 Å². The number of hydrogen-bond acceptors (Lipinski definition) is 3. The van der Waals surface area contributed by atoms with Gasteiger partial charge in [0.15, 0.2) is 11.6 Å². The summed E-state index contributed by atoms with van der Waals surface area (Å²) in [6, 6.07) is 4.08. The molecule has 0 bridgehead atoms. The molecule has 20 heavy (non-hydrogen) atoms. The zero-order valence-electron chi connectivity index (χ0n) is 12.7. The highest BCUT2D eigenvalue weighted by Gasteiger charge is 2.31. The van der Waals surface area contributed by atoms with Crippen LogP contribution < -0.4 is 15.4 Å². The first-order valence-corrected chi connectivity index (χ1v) is 7.58. The Morgan fingerprint density at radius 3 is 2.75 bits per heavy atom. The minimum Gasteiger partial charge on any atom is -0.490 e. The Morgan fingerprint density at radius 2 is 2.10 bits per heavy atom. The van der Waals surface area contributed by atoms with Crippen LogP contribution in [0.2, 0.25) is 0 Å². The van der Waals surface area contributed by atoms with Crippen LogP contribution in [-0.4, -0.2) is 18.7 Å². The maximum absolute atomic E-state index is 13.9. The first-order chi connectivity index (χ1) is 9.58. The van der Waals surface area contributed by atoms with Crippen molar-refractivity contribution >= 4 is 11.4 Å². The number of nitrogen functional groups attached to an aromatic ring is 1. The van der Waals surface area contributed by atoms with Gasteiger partial charge >= 0.3 is 0 Å². The lowest BCUT2D eigenvalue weighted by molar-refractivity contribution is 0.301. The maximum atomic E-state index is 13.9. The monoisotopic (exact) mass is 280 g/mol. The van der Waals surface area contributed by atoms with Gasteiger partial charge in [0.1, 0.15) is 0 Å². The third-order valence-corrected chi connectivity index (χ3v) is 4.08. The van der Waals surface area contributed by atoms with Crippen LogP contribution in [0.15, 0.2) is 12.1 Å². The van der Waals surface area contributed by atoms with Gasteiger partial charge in [0.2, 0.25) is 0 Å².